The van der Waals surface area contributed by atoms with Gasteiger partial charge in [-0.15, -0.1) is 0 Å². The maximum Gasteiger partial charge on any atom is 0.314 e. The van der Waals surface area contributed by atoms with Crippen molar-refractivity contribution in [3.8, 4) is 11.5 Å². The van der Waals surface area contributed by atoms with Gasteiger partial charge < -0.3 is 9.47 Å². The molecule has 2 aliphatic carbocycles. The van der Waals surface area contributed by atoms with E-state index in [4.69, 9.17) is 9.47 Å². The number of benzene rings is 1. The summed E-state index contributed by atoms with van der Waals surface area (Å²) < 4.78 is 11.0. The molecule has 0 amide bonds. The normalized spacial score (nSPS) is 25.8. The molecule has 4 heteroatoms. The van der Waals surface area contributed by atoms with Crippen LogP contribution in [-0.4, -0.2) is 11.9 Å². The van der Waals surface area contributed by atoms with Crippen LogP contribution in [0.15, 0.2) is 24.3 Å². The molecule has 0 saturated heterocycles. The van der Waals surface area contributed by atoms with E-state index in [1.807, 2.05) is 0 Å². The summed E-state index contributed by atoms with van der Waals surface area (Å²) in [5.74, 6) is 3.35. The molecule has 0 aromatic heterocycles. The molecule has 2 saturated carbocycles. The Kier molecular flexibility index (Phi) is 10.1. The molecule has 32 heavy (non-hydrogen) atoms. The van der Waals surface area contributed by atoms with Gasteiger partial charge in [-0.2, -0.15) is 0 Å². The predicted octanol–water partition coefficient (Wildman–Crippen LogP) is 7.49. The molecule has 0 N–H and O–H groups in total. The van der Waals surface area contributed by atoms with Gasteiger partial charge >= 0.3 is 11.9 Å². The topological polar surface area (TPSA) is 52.6 Å². The van der Waals surface area contributed by atoms with Crippen molar-refractivity contribution in [2.24, 2.45) is 23.7 Å². The number of hydrogen-bond donors (Lipinski definition) is 0. The lowest BCUT2D eigenvalue weighted by molar-refractivity contribution is -0.140. The summed E-state index contributed by atoms with van der Waals surface area (Å²) in [5.41, 5.74) is 0. The van der Waals surface area contributed by atoms with E-state index < -0.39 is 0 Å². The van der Waals surface area contributed by atoms with Crippen molar-refractivity contribution in [3.63, 3.8) is 0 Å². The maximum absolute atomic E-state index is 12.7. The minimum atomic E-state index is -0.209. The van der Waals surface area contributed by atoms with Crippen LogP contribution in [0.25, 0.3) is 0 Å². The van der Waals surface area contributed by atoms with Crippen molar-refractivity contribution in [2.75, 3.05) is 0 Å². The van der Waals surface area contributed by atoms with E-state index in [2.05, 4.69) is 13.8 Å². The maximum atomic E-state index is 12.7. The van der Waals surface area contributed by atoms with E-state index in [0.717, 1.165) is 62.7 Å². The van der Waals surface area contributed by atoms with Gasteiger partial charge in [0.15, 0.2) is 0 Å². The average molecular weight is 443 g/mol. The lowest BCUT2D eigenvalue weighted by Crippen LogP contribution is -2.30. The van der Waals surface area contributed by atoms with Gasteiger partial charge in [0.25, 0.3) is 0 Å². The van der Waals surface area contributed by atoms with Gasteiger partial charge in [0.2, 0.25) is 0 Å². The molecule has 0 atom stereocenters. The Morgan fingerprint density at radius 1 is 0.750 bits per heavy atom. The molecule has 2 aliphatic rings. The molecular weight excluding hydrogens is 400 g/mol. The second-order valence-electron chi connectivity index (χ2n) is 10.0. The van der Waals surface area contributed by atoms with Crippen LogP contribution in [-0.2, 0) is 9.59 Å². The van der Waals surface area contributed by atoms with E-state index in [9.17, 15) is 9.59 Å². The molecule has 0 spiro atoms. The van der Waals surface area contributed by atoms with Crippen LogP contribution < -0.4 is 9.47 Å². The Morgan fingerprint density at radius 2 is 1.31 bits per heavy atom. The van der Waals surface area contributed by atoms with Gasteiger partial charge in [0.1, 0.15) is 11.5 Å². The molecule has 178 valence electrons. The zero-order chi connectivity index (χ0) is 22.8. The summed E-state index contributed by atoms with van der Waals surface area (Å²) in [6.07, 6.45) is 15.9. The van der Waals surface area contributed by atoms with E-state index >= 15 is 0 Å². The summed E-state index contributed by atoms with van der Waals surface area (Å²) in [4.78, 5) is 24.5. The van der Waals surface area contributed by atoms with Gasteiger partial charge in [-0.25, -0.2) is 0 Å². The zero-order valence-electron chi connectivity index (χ0n) is 20.2. The molecule has 3 rings (SSSR count). The smallest absolute Gasteiger partial charge is 0.314 e. The fraction of sp³-hybridized carbons (Fsp3) is 0.714. The third-order valence-corrected chi connectivity index (χ3v) is 7.62. The summed E-state index contributed by atoms with van der Waals surface area (Å²) in [6, 6.07) is 6.83. The highest BCUT2D eigenvalue weighted by atomic mass is 16.5. The highest BCUT2D eigenvalue weighted by Crippen LogP contribution is 2.42. The van der Waals surface area contributed by atoms with Crippen LogP contribution >= 0.6 is 0 Å². The van der Waals surface area contributed by atoms with Crippen LogP contribution in [0.5, 0.6) is 11.5 Å². The molecule has 2 fully saturated rings. The third kappa shape index (κ3) is 7.64. The number of hydrogen-bond acceptors (Lipinski definition) is 4. The molecule has 0 aliphatic heterocycles. The van der Waals surface area contributed by atoms with Crippen LogP contribution in [0.2, 0.25) is 0 Å². The van der Waals surface area contributed by atoms with Crippen LogP contribution in [0.3, 0.4) is 0 Å². The fourth-order valence-corrected chi connectivity index (χ4v) is 5.66. The molecule has 1 aromatic carbocycles. The van der Waals surface area contributed by atoms with Crippen molar-refractivity contribution in [1.82, 2.24) is 0 Å². The SMILES string of the molecule is CCCCCC(=O)Oc1ccc(OC(=O)C2CCC(C3CCC(CCC)CC3)CC2)cc1. The largest absolute Gasteiger partial charge is 0.427 e. The van der Waals surface area contributed by atoms with Crippen LogP contribution in [0, 0.1) is 23.7 Å². The van der Waals surface area contributed by atoms with E-state index in [1.54, 1.807) is 24.3 Å². The Bertz CT molecular complexity index is 695. The first-order valence-corrected chi connectivity index (χ1v) is 13.1. The Labute approximate surface area is 194 Å². The van der Waals surface area contributed by atoms with Gasteiger partial charge in [-0.1, -0.05) is 52.4 Å². The lowest BCUT2D eigenvalue weighted by Gasteiger charge is -2.37. The minimum absolute atomic E-state index is 0.0127. The molecule has 0 radical (unpaired) electrons. The average Bonchev–Trinajstić information content (AvgIpc) is 2.81. The lowest BCUT2D eigenvalue weighted by atomic mass is 9.69. The molecule has 0 heterocycles. The van der Waals surface area contributed by atoms with E-state index in [0.29, 0.717) is 17.9 Å². The Morgan fingerprint density at radius 3 is 1.88 bits per heavy atom. The molecule has 0 unspecified atom stereocenters. The number of rotatable bonds is 10. The number of carbonyl (C=O) groups excluding carboxylic acids is 2. The van der Waals surface area contributed by atoms with Crippen molar-refractivity contribution >= 4 is 11.9 Å². The first-order valence-electron chi connectivity index (χ1n) is 13.1. The Hall–Kier alpha value is -1.84. The van der Waals surface area contributed by atoms with Crippen molar-refractivity contribution in [1.29, 1.82) is 0 Å². The second-order valence-corrected chi connectivity index (χ2v) is 10.0. The predicted molar refractivity (Wildman–Crippen MR) is 128 cm³/mol. The van der Waals surface area contributed by atoms with Gasteiger partial charge in [-0.3, -0.25) is 9.59 Å². The molecule has 1 aromatic rings. The van der Waals surface area contributed by atoms with Gasteiger partial charge in [-0.05, 0) is 87.0 Å². The van der Waals surface area contributed by atoms with Crippen molar-refractivity contribution < 1.29 is 19.1 Å². The first kappa shape index (κ1) is 24.8. The highest BCUT2D eigenvalue weighted by Gasteiger charge is 2.33. The Balaban J connectivity index is 1.38. The highest BCUT2D eigenvalue weighted by molar-refractivity contribution is 5.75. The standard InChI is InChI=1S/C28H42O4/c1-3-5-6-8-27(29)31-25-17-19-26(20-18-25)32-28(30)24-15-13-23(14-16-24)22-11-9-21(7-4-2)10-12-22/h17-24H,3-16H2,1-2H3. The van der Waals surface area contributed by atoms with E-state index in [-0.39, 0.29) is 17.9 Å². The number of carbonyl (C=O) groups is 2. The van der Waals surface area contributed by atoms with Gasteiger partial charge in [0, 0.05) is 6.42 Å². The second kappa shape index (κ2) is 13.0. The quantitative estimate of drug-likeness (QED) is 0.214. The first-order chi connectivity index (χ1) is 15.6. The minimum Gasteiger partial charge on any atom is -0.427 e. The monoisotopic (exact) mass is 442 g/mol. The number of ether oxygens (including phenoxy) is 2. The van der Waals surface area contributed by atoms with Crippen molar-refractivity contribution in [3.05, 3.63) is 24.3 Å². The third-order valence-electron chi connectivity index (χ3n) is 7.62. The molecule has 0 bridgehead atoms. The number of unbranched alkanes of at least 4 members (excludes halogenated alkanes) is 2. The summed E-state index contributed by atoms with van der Waals surface area (Å²) in [5, 5.41) is 0. The molecular formula is C28H42O4. The summed E-state index contributed by atoms with van der Waals surface area (Å²) >= 11 is 0. The summed E-state index contributed by atoms with van der Waals surface area (Å²) in [7, 11) is 0. The molecule has 4 nitrogen and oxygen atoms in total. The van der Waals surface area contributed by atoms with Crippen molar-refractivity contribution in [2.45, 2.75) is 104 Å². The van der Waals surface area contributed by atoms with Gasteiger partial charge in [0.05, 0.1) is 5.92 Å². The van der Waals surface area contributed by atoms with Crippen LogP contribution in [0.4, 0.5) is 0 Å². The number of esters is 2. The van der Waals surface area contributed by atoms with Crippen LogP contribution in [0.1, 0.15) is 104 Å². The van der Waals surface area contributed by atoms with E-state index in [1.165, 1.54) is 38.5 Å². The summed E-state index contributed by atoms with van der Waals surface area (Å²) in [6.45, 7) is 4.40. The zero-order valence-corrected chi connectivity index (χ0v) is 20.2. The fourth-order valence-electron chi connectivity index (χ4n) is 5.66.